The number of likely N-dealkylation sites (tertiary alicyclic amines) is 1. The van der Waals surface area contributed by atoms with Crippen molar-refractivity contribution in [3.05, 3.63) is 16.1 Å². The van der Waals surface area contributed by atoms with Crippen molar-refractivity contribution in [3.8, 4) is 0 Å². The number of fused-ring (bicyclic) bond motifs is 1. The Bertz CT molecular complexity index is 406. The highest BCUT2D eigenvalue weighted by Gasteiger charge is 2.38. The van der Waals surface area contributed by atoms with Gasteiger partial charge >= 0.3 is 0 Å². The Kier molecular flexibility index (Phi) is 3.92. The number of hydrogen-bond donors (Lipinski definition) is 0. The summed E-state index contributed by atoms with van der Waals surface area (Å²) in [5, 5.41) is 3.35. The minimum absolute atomic E-state index is 0.472. The zero-order valence-electron chi connectivity index (χ0n) is 10.9. The van der Waals surface area contributed by atoms with Crippen molar-refractivity contribution in [2.24, 2.45) is 5.92 Å². The molecule has 0 bridgehead atoms. The van der Waals surface area contributed by atoms with E-state index >= 15 is 0 Å². The number of aromatic nitrogens is 1. The fourth-order valence-electron chi connectivity index (χ4n) is 3.64. The first-order chi connectivity index (χ1) is 8.79. The average molecular weight is 285 g/mol. The highest BCUT2D eigenvalue weighted by molar-refractivity contribution is 7.09. The molecule has 2 nitrogen and oxygen atoms in total. The number of rotatable bonds is 3. The molecule has 1 aliphatic heterocycles. The summed E-state index contributed by atoms with van der Waals surface area (Å²) >= 11 is 7.62. The average Bonchev–Trinajstić information content (AvgIpc) is 3.04. The predicted octanol–water partition coefficient (Wildman–Crippen LogP) is 4.21. The number of hydrogen-bond acceptors (Lipinski definition) is 3. The van der Waals surface area contributed by atoms with Gasteiger partial charge in [0.05, 0.1) is 17.6 Å². The second-order valence-corrected chi connectivity index (χ2v) is 6.78. The number of nitrogens with zero attached hydrogens (tertiary/aromatic N) is 2. The van der Waals surface area contributed by atoms with Crippen LogP contribution in [0.2, 0.25) is 0 Å². The molecule has 0 amide bonds. The lowest BCUT2D eigenvalue weighted by molar-refractivity contribution is 0.140. The Hall–Kier alpha value is -0.120. The molecule has 2 heterocycles. The topological polar surface area (TPSA) is 16.1 Å². The Morgan fingerprint density at radius 3 is 3.06 bits per heavy atom. The molecule has 3 unspecified atom stereocenters. The maximum atomic E-state index is 5.85. The van der Waals surface area contributed by atoms with Crippen LogP contribution in [0.15, 0.2) is 5.38 Å². The zero-order chi connectivity index (χ0) is 12.5. The Labute approximate surface area is 118 Å². The summed E-state index contributed by atoms with van der Waals surface area (Å²) in [5.74, 6) is 1.49. The van der Waals surface area contributed by atoms with Crippen LogP contribution < -0.4 is 0 Å². The molecule has 100 valence electrons. The van der Waals surface area contributed by atoms with Crippen LogP contribution in [0.4, 0.5) is 0 Å². The van der Waals surface area contributed by atoms with E-state index in [0.29, 0.717) is 11.9 Å². The summed E-state index contributed by atoms with van der Waals surface area (Å²) in [6, 6.07) is 1.29. The molecule has 3 rings (SSSR count). The van der Waals surface area contributed by atoms with Gasteiger partial charge in [-0.25, -0.2) is 4.98 Å². The molecule has 2 aliphatic rings. The van der Waals surface area contributed by atoms with Crippen LogP contribution in [0, 0.1) is 5.92 Å². The lowest BCUT2D eigenvalue weighted by Gasteiger charge is -2.34. The molecule has 2 fully saturated rings. The summed E-state index contributed by atoms with van der Waals surface area (Å²) in [5.41, 5.74) is 1.03. The van der Waals surface area contributed by atoms with Gasteiger partial charge < -0.3 is 0 Å². The minimum atomic E-state index is 0.472. The standard InChI is InChI=1S/C14H21ClN2S/c1-10(14-16-12(8-15)9-18-14)17-7-6-11-4-2-3-5-13(11)17/h9-11,13H,2-8H2,1H3. The molecule has 1 aromatic heterocycles. The SMILES string of the molecule is CC(c1nc(CCl)cs1)N1CCC2CCCCC21. The molecule has 1 saturated carbocycles. The molecular formula is C14H21ClN2S. The summed E-state index contributed by atoms with van der Waals surface area (Å²) in [7, 11) is 0. The van der Waals surface area contributed by atoms with Crippen molar-refractivity contribution >= 4 is 22.9 Å². The van der Waals surface area contributed by atoms with Crippen molar-refractivity contribution in [1.82, 2.24) is 9.88 Å². The lowest BCUT2D eigenvalue weighted by Crippen LogP contribution is -2.36. The van der Waals surface area contributed by atoms with Crippen LogP contribution in [0.5, 0.6) is 0 Å². The second-order valence-electron chi connectivity index (χ2n) is 5.63. The third-order valence-corrected chi connectivity index (χ3v) is 5.95. The van der Waals surface area contributed by atoms with Crippen molar-refractivity contribution in [2.45, 2.75) is 57.0 Å². The molecule has 0 radical (unpaired) electrons. The van der Waals surface area contributed by atoms with Gasteiger partial charge in [0.1, 0.15) is 5.01 Å². The van der Waals surface area contributed by atoms with Crippen LogP contribution in [0.3, 0.4) is 0 Å². The van der Waals surface area contributed by atoms with Gasteiger partial charge in [-0.2, -0.15) is 0 Å². The van der Waals surface area contributed by atoms with E-state index in [0.717, 1.165) is 17.7 Å². The van der Waals surface area contributed by atoms with E-state index in [-0.39, 0.29) is 0 Å². The van der Waals surface area contributed by atoms with Gasteiger partial charge in [0.15, 0.2) is 0 Å². The van der Waals surface area contributed by atoms with Crippen LogP contribution >= 0.6 is 22.9 Å². The van der Waals surface area contributed by atoms with Crippen molar-refractivity contribution in [3.63, 3.8) is 0 Å². The molecule has 1 aliphatic carbocycles. The first-order valence-corrected chi connectivity index (χ1v) is 8.47. The van der Waals surface area contributed by atoms with Crippen molar-refractivity contribution in [1.29, 1.82) is 0 Å². The van der Waals surface area contributed by atoms with Gasteiger partial charge in [0, 0.05) is 11.4 Å². The molecule has 3 atom stereocenters. The third kappa shape index (κ3) is 2.33. The Morgan fingerprint density at radius 2 is 2.28 bits per heavy atom. The number of alkyl halides is 1. The monoisotopic (exact) mass is 284 g/mol. The smallest absolute Gasteiger partial charge is 0.110 e. The number of thiazole rings is 1. The molecule has 4 heteroatoms. The van der Waals surface area contributed by atoms with Crippen LogP contribution in [0.1, 0.15) is 55.8 Å². The summed E-state index contributed by atoms with van der Waals surface area (Å²) in [4.78, 5) is 7.35. The molecular weight excluding hydrogens is 264 g/mol. The Balaban J connectivity index is 1.73. The molecule has 1 saturated heterocycles. The first-order valence-electron chi connectivity index (χ1n) is 7.05. The summed E-state index contributed by atoms with van der Waals surface area (Å²) in [6.07, 6.45) is 7.08. The van der Waals surface area contributed by atoms with Gasteiger partial charge in [-0.3, -0.25) is 4.90 Å². The van der Waals surface area contributed by atoms with Gasteiger partial charge in [-0.1, -0.05) is 12.8 Å². The maximum absolute atomic E-state index is 5.85. The fraction of sp³-hybridized carbons (Fsp3) is 0.786. The zero-order valence-corrected chi connectivity index (χ0v) is 12.5. The van der Waals surface area contributed by atoms with Crippen LogP contribution in [0.25, 0.3) is 0 Å². The molecule has 0 N–H and O–H groups in total. The highest BCUT2D eigenvalue weighted by Crippen LogP contribution is 2.40. The van der Waals surface area contributed by atoms with E-state index in [4.69, 9.17) is 11.6 Å². The van der Waals surface area contributed by atoms with E-state index in [9.17, 15) is 0 Å². The van der Waals surface area contributed by atoms with Crippen LogP contribution in [-0.2, 0) is 5.88 Å². The second kappa shape index (κ2) is 5.48. The van der Waals surface area contributed by atoms with Gasteiger partial charge in [-0.15, -0.1) is 22.9 Å². The molecule has 1 aromatic rings. The highest BCUT2D eigenvalue weighted by atomic mass is 35.5. The molecule has 0 aromatic carbocycles. The lowest BCUT2D eigenvalue weighted by atomic mass is 9.85. The van der Waals surface area contributed by atoms with Gasteiger partial charge in [-0.05, 0) is 38.6 Å². The van der Waals surface area contributed by atoms with E-state index < -0.39 is 0 Å². The van der Waals surface area contributed by atoms with Crippen molar-refractivity contribution in [2.75, 3.05) is 6.54 Å². The molecule has 0 spiro atoms. The number of halogens is 1. The quantitative estimate of drug-likeness (QED) is 0.773. The van der Waals surface area contributed by atoms with Gasteiger partial charge in [0.2, 0.25) is 0 Å². The van der Waals surface area contributed by atoms with E-state index in [1.807, 2.05) is 0 Å². The minimum Gasteiger partial charge on any atom is -0.291 e. The van der Waals surface area contributed by atoms with Gasteiger partial charge in [0.25, 0.3) is 0 Å². The predicted molar refractivity (Wildman–Crippen MR) is 77.2 cm³/mol. The third-order valence-electron chi connectivity index (χ3n) is 4.61. The molecule has 18 heavy (non-hydrogen) atoms. The van der Waals surface area contributed by atoms with E-state index in [1.54, 1.807) is 11.3 Å². The Morgan fingerprint density at radius 1 is 1.44 bits per heavy atom. The summed E-state index contributed by atoms with van der Waals surface area (Å²) in [6.45, 7) is 3.57. The van der Waals surface area contributed by atoms with E-state index in [2.05, 4.69) is 22.2 Å². The van der Waals surface area contributed by atoms with Crippen molar-refractivity contribution < 1.29 is 0 Å². The van der Waals surface area contributed by atoms with E-state index in [1.165, 1.54) is 43.7 Å². The van der Waals surface area contributed by atoms with Crippen LogP contribution in [-0.4, -0.2) is 22.5 Å². The summed E-state index contributed by atoms with van der Waals surface area (Å²) < 4.78 is 0. The maximum Gasteiger partial charge on any atom is 0.110 e. The normalized spacial score (nSPS) is 30.3. The largest absolute Gasteiger partial charge is 0.291 e. The fourth-order valence-corrected chi connectivity index (χ4v) is 4.76. The first kappa shape index (κ1) is 12.9.